The van der Waals surface area contributed by atoms with Gasteiger partial charge in [-0.1, -0.05) is 6.07 Å². The van der Waals surface area contributed by atoms with Crippen LogP contribution in [0, 0.1) is 5.92 Å². The molecular weight excluding hydrogens is 388 g/mol. The van der Waals surface area contributed by atoms with Crippen molar-refractivity contribution in [1.82, 2.24) is 19.6 Å². The van der Waals surface area contributed by atoms with Crippen LogP contribution >= 0.6 is 0 Å². The van der Waals surface area contributed by atoms with Crippen LogP contribution in [0.2, 0.25) is 0 Å². The van der Waals surface area contributed by atoms with Crippen molar-refractivity contribution in [3.05, 3.63) is 30.1 Å². The number of nitrogens with zero attached hydrogens (tertiary/aromatic N) is 2. The number of hydrogen-bond acceptors (Lipinski definition) is 5. The maximum absolute atomic E-state index is 11.6. The van der Waals surface area contributed by atoms with Crippen LogP contribution in [0.25, 0.3) is 11.0 Å². The second-order valence-corrected chi connectivity index (χ2v) is 10.4. The van der Waals surface area contributed by atoms with Crippen LogP contribution in [0.1, 0.15) is 43.6 Å². The smallest absolute Gasteiger partial charge is 0.208 e. The molecule has 2 atom stereocenters. The third kappa shape index (κ3) is 5.17. The summed E-state index contributed by atoms with van der Waals surface area (Å²) >= 11 is 0. The summed E-state index contributed by atoms with van der Waals surface area (Å²) in [6, 6.07) is 6.59. The van der Waals surface area contributed by atoms with Gasteiger partial charge in [0.2, 0.25) is 10.0 Å². The fourth-order valence-corrected chi connectivity index (χ4v) is 5.61. The van der Waals surface area contributed by atoms with Crippen molar-refractivity contribution in [1.29, 1.82) is 0 Å². The van der Waals surface area contributed by atoms with Crippen LogP contribution in [-0.4, -0.2) is 56.1 Å². The molecule has 29 heavy (non-hydrogen) atoms. The molecule has 7 nitrogen and oxygen atoms in total. The van der Waals surface area contributed by atoms with Crippen molar-refractivity contribution in [2.75, 3.05) is 26.0 Å². The van der Waals surface area contributed by atoms with Crippen molar-refractivity contribution in [2.45, 2.75) is 50.2 Å². The topological polar surface area (TPSA) is 85.2 Å². The summed E-state index contributed by atoms with van der Waals surface area (Å²) in [6.45, 7) is 2.25. The van der Waals surface area contributed by atoms with Gasteiger partial charge in [-0.25, -0.2) is 18.1 Å². The van der Waals surface area contributed by atoms with Gasteiger partial charge in [0, 0.05) is 25.6 Å². The molecule has 1 saturated heterocycles. The van der Waals surface area contributed by atoms with Crippen molar-refractivity contribution < 1.29 is 13.2 Å². The van der Waals surface area contributed by atoms with Crippen molar-refractivity contribution >= 4 is 21.1 Å². The molecule has 160 valence electrons. The fourth-order valence-electron chi connectivity index (χ4n) is 4.75. The first-order valence-electron chi connectivity index (χ1n) is 10.6. The predicted octanol–water partition coefficient (Wildman–Crippen LogP) is 2.14. The average molecular weight is 421 g/mol. The maximum atomic E-state index is 11.6. The molecule has 0 unspecified atom stereocenters. The summed E-state index contributed by atoms with van der Waals surface area (Å²) < 4.78 is 34.4. The van der Waals surface area contributed by atoms with E-state index in [9.17, 15) is 8.42 Å². The summed E-state index contributed by atoms with van der Waals surface area (Å²) in [6.07, 6.45) is 8.54. The normalized spacial score (nSPS) is 28.6. The lowest BCUT2D eigenvalue weighted by atomic mass is 9.82. The zero-order valence-electron chi connectivity index (χ0n) is 17.3. The number of piperidine rings is 1. The van der Waals surface area contributed by atoms with Gasteiger partial charge >= 0.3 is 0 Å². The summed E-state index contributed by atoms with van der Waals surface area (Å²) in [5.41, 5.74) is 3.63. The number of nitrogens with one attached hydrogen (secondary N) is 2. The van der Waals surface area contributed by atoms with Gasteiger partial charge < -0.3 is 14.6 Å². The lowest BCUT2D eigenvalue weighted by Crippen LogP contribution is -2.51. The highest BCUT2D eigenvalue weighted by Gasteiger charge is 2.29. The van der Waals surface area contributed by atoms with Crippen LogP contribution in [0.15, 0.2) is 24.5 Å². The first-order valence-corrected chi connectivity index (χ1v) is 12.5. The number of aryl methyl sites for hydroxylation is 1. The molecule has 2 N–H and O–H groups in total. The lowest BCUT2D eigenvalue weighted by molar-refractivity contribution is -0.00402. The van der Waals surface area contributed by atoms with Gasteiger partial charge in [0.15, 0.2) is 0 Å². The minimum atomic E-state index is -3.19. The van der Waals surface area contributed by atoms with Crippen molar-refractivity contribution in [3.8, 4) is 0 Å². The molecule has 0 radical (unpaired) electrons. The van der Waals surface area contributed by atoms with E-state index in [1.54, 1.807) is 0 Å². The molecule has 1 aromatic carbocycles. The number of rotatable bonds is 6. The quantitative estimate of drug-likeness (QED) is 0.748. The van der Waals surface area contributed by atoms with Gasteiger partial charge in [0.05, 0.1) is 36.3 Å². The number of imidazole rings is 1. The van der Waals surface area contributed by atoms with Gasteiger partial charge in [0.1, 0.15) is 0 Å². The number of aromatic nitrogens is 2. The Morgan fingerprint density at radius 3 is 2.79 bits per heavy atom. The molecule has 0 bridgehead atoms. The minimum Gasteiger partial charge on any atom is -0.378 e. The highest BCUT2D eigenvalue weighted by atomic mass is 32.2. The molecule has 0 amide bonds. The molecule has 2 aromatic rings. The van der Waals surface area contributed by atoms with Gasteiger partial charge in [-0.15, -0.1) is 0 Å². The Hall–Kier alpha value is -1.48. The monoisotopic (exact) mass is 420 g/mol. The molecular formula is C21H32N4O3S. The summed E-state index contributed by atoms with van der Waals surface area (Å²) in [5, 5.41) is 3.36. The Bertz CT molecular complexity index is 935. The van der Waals surface area contributed by atoms with E-state index >= 15 is 0 Å². The molecule has 2 aliphatic rings. The van der Waals surface area contributed by atoms with Gasteiger partial charge in [0.25, 0.3) is 0 Å². The number of benzene rings is 1. The third-order valence-corrected chi connectivity index (χ3v) is 7.15. The van der Waals surface area contributed by atoms with Crippen LogP contribution in [-0.2, 0) is 21.8 Å². The Morgan fingerprint density at radius 2 is 2.03 bits per heavy atom. The van der Waals surface area contributed by atoms with E-state index in [4.69, 9.17) is 4.74 Å². The zero-order chi connectivity index (χ0) is 20.4. The standard InChI is InChI=1S/C21H32N4O3S/c1-25-14-23-20-8-5-16(11-21(20)25)15-3-6-18(7-4-15)28-13-17-12-22-10-9-19(17)24-29(2,26)27/h5,8,11,14-15,17-19,22,24H,3-4,6-7,9-10,12-13H2,1-2H3/t15?,17-,18?,19-/m0/s1. The zero-order valence-corrected chi connectivity index (χ0v) is 18.1. The highest BCUT2D eigenvalue weighted by molar-refractivity contribution is 7.88. The van der Waals surface area contributed by atoms with Crippen LogP contribution in [0.3, 0.4) is 0 Å². The van der Waals surface area contributed by atoms with E-state index in [2.05, 4.69) is 37.8 Å². The molecule has 1 aromatic heterocycles. The first-order chi connectivity index (χ1) is 13.9. The number of ether oxygens (including phenoxy) is 1. The Labute approximate surface area is 173 Å². The summed E-state index contributed by atoms with van der Waals surface area (Å²) in [7, 11) is -1.15. The highest BCUT2D eigenvalue weighted by Crippen LogP contribution is 2.35. The van der Waals surface area contributed by atoms with Crippen molar-refractivity contribution in [3.63, 3.8) is 0 Å². The Morgan fingerprint density at radius 1 is 1.24 bits per heavy atom. The second kappa shape index (κ2) is 8.71. The number of sulfonamides is 1. The Balaban J connectivity index is 1.29. The third-order valence-electron chi connectivity index (χ3n) is 6.41. The van der Waals surface area contributed by atoms with Gasteiger partial charge in [-0.2, -0.15) is 0 Å². The molecule has 2 heterocycles. The van der Waals surface area contributed by atoms with E-state index < -0.39 is 10.0 Å². The van der Waals surface area contributed by atoms with E-state index in [1.807, 2.05) is 13.4 Å². The molecule has 4 rings (SSSR count). The summed E-state index contributed by atoms with van der Waals surface area (Å²) in [4.78, 5) is 4.41. The van der Waals surface area contributed by atoms with E-state index in [0.717, 1.165) is 50.7 Å². The molecule has 1 saturated carbocycles. The molecule has 1 aliphatic carbocycles. The van der Waals surface area contributed by atoms with Gasteiger partial charge in [-0.05, 0) is 62.3 Å². The van der Waals surface area contributed by atoms with E-state index in [1.165, 1.54) is 17.3 Å². The minimum absolute atomic E-state index is 0.0341. The second-order valence-electron chi connectivity index (χ2n) is 8.66. The van der Waals surface area contributed by atoms with E-state index in [0.29, 0.717) is 12.5 Å². The molecule has 1 aliphatic heterocycles. The largest absolute Gasteiger partial charge is 0.378 e. The van der Waals surface area contributed by atoms with Crippen LogP contribution in [0.4, 0.5) is 0 Å². The average Bonchev–Trinajstić information content (AvgIpc) is 3.07. The molecule has 8 heteroatoms. The maximum Gasteiger partial charge on any atom is 0.208 e. The number of hydrogen-bond donors (Lipinski definition) is 2. The SMILES string of the molecule is Cn1cnc2ccc(C3CCC(OC[C@@H]4CNCC[C@@H]4NS(C)(=O)=O)CC3)cc21. The van der Waals surface area contributed by atoms with Crippen molar-refractivity contribution in [2.24, 2.45) is 13.0 Å². The Kier molecular flexibility index (Phi) is 6.24. The molecule has 0 spiro atoms. The van der Waals surface area contributed by atoms with E-state index in [-0.39, 0.29) is 18.1 Å². The first kappa shape index (κ1) is 20.8. The predicted molar refractivity (Wildman–Crippen MR) is 114 cm³/mol. The molecule has 2 fully saturated rings. The summed E-state index contributed by atoms with van der Waals surface area (Å²) in [5.74, 6) is 0.758. The lowest BCUT2D eigenvalue weighted by Gasteiger charge is -2.34. The fraction of sp³-hybridized carbons (Fsp3) is 0.667. The van der Waals surface area contributed by atoms with Crippen LogP contribution in [0.5, 0.6) is 0 Å². The van der Waals surface area contributed by atoms with Gasteiger partial charge in [-0.3, -0.25) is 0 Å². The number of fused-ring (bicyclic) bond motifs is 1. The van der Waals surface area contributed by atoms with Crippen LogP contribution < -0.4 is 10.0 Å².